The molecule has 8 nitrogen and oxygen atoms in total. The number of hydrogen-bond acceptors (Lipinski definition) is 8. The molecule has 49 heavy (non-hydrogen) atoms. The maximum Gasteiger partial charge on any atom is 0.323 e. The minimum absolute atomic E-state index is 0.0331. The summed E-state index contributed by atoms with van der Waals surface area (Å²) in [5, 5.41) is 19.2. The van der Waals surface area contributed by atoms with Gasteiger partial charge in [-0.15, -0.1) is 0 Å². The number of carbonyl (C=O) groups excluding carboxylic acids is 2. The fraction of sp³-hybridized carbons (Fsp3) is 0.610. The normalized spacial score (nSPS) is 20.9. The van der Waals surface area contributed by atoms with E-state index in [-0.39, 0.29) is 47.8 Å². The second kappa shape index (κ2) is 15.0. The molecule has 2 saturated heterocycles. The number of rotatable bonds is 12. The highest BCUT2D eigenvalue weighted by molar-refractivity contribution is 6.00. The van der Waals surface area contributed by atoms with Crippen molar-refractivity contribution in [3.63, 3.8) is 0 Å². The fourth-order valence-electron chi connectivity index (χ4n) is 8.69. The van der Waals surface area contributed by atoms with Crippen molar-refractivity contribution in [3.8, 4) is 12.1 Å². The van der Waals surface area contributed by atoms with Crippen molar-refractivity contribution in [3.05, 3.63) is 71.8 Å². The lowest BCUT2D eigenvalue weighted by Crippen LogP contribution is -2.62. The van der Waals surface area contributed by atoms with Crippen LogP contribution in [0.2, 0.25) is 0 Å². The van der Waals surface area contributed by atoms with Crippen LogP contribution in [-0.2, 0) is 32.2 Å². The van der Waals surface area contributed by atoms with Gasteiger partial charge in [0.15, 0.2) is 5.41 Å². The molecule has 0 amide bonds. The highest BCUT2D eigenvalue weighted by Crippen LogP contribution is 2.45. The largest absolute Gasteiger partial charge is 0.461 e. The Bertz CT molecular complexity index is 1370. The Hall–Kier alpha value is -3.72. The van der Waals surface area contributed by atoms with Crippen molar-refractivity contribution in [2.24, 2.45) is 5.41 Å². The first-order valence-electron chi connectivity index (χ1n) is 17.8. The van der Waals surface area contributed by atoms with Gasteiger partial charge in [0.2, 0.25) is 0 Å². The molecule has 2 fully saturated rings. The molecule has 0 aromatic heterocycles. The molecule has 4 rings (SSSR count). The lowest BCUT2D eigenvalue weighted by Gasteiger charge is -2.55. The Balaban J connectivity index is 1.55. The molecule has 2 aliphatic rings. The number of benzene rings is 2. The molecule has 264 valence electrons. The average molecular weight is 669 g/mol. The van der Waals surface area contributed by atoms with E-state index in [0.717, 1.165) is 13.1 Å². The molecule has 2 aromatic rings. The summed E-state index contributed by atoms with van der Waals surface area (Å²) < 4.78 is 12.6. The molecule has 0 saturated carbocycles. The van der Waals surface area contributed by atoms with Gasteiger partial charge in [-0.05, 0) is 79.4 Å². The first kappa shape index (κ1) is 38.1. The number of carbonyl (C=O) groups is 2. The summed E-state index contributed by atoms with van der Waals surface area (Å²) in [4.78, 5) is 33.7. The zero-order valence-electron chi connectivity index (χ0n) is 30.9. The smallest absolute Gasteiger partial charge is 0.323 e. The monoisotopic (exact) mass is 668 g/mol. The molecule has 0 radical (unpaired) electrons. The molecular weight excluding hydrogens is 612 g/mol. The first-order chi connectivity index (χ1) is 23.0. The standard InChI is InChI=1S/C41H56N4O4/c1-37(2)25-33(26-38(3,4)44(37)29-31-17-11-9-12-18-31)48-35(46)41(21-15-23-42,22-16-24-43)36(47)49-34-27-39(5,6)45(40(7,8)28-34)30-32-19-13-10-14-20-32/h9-14,17-20,33-34H,15-16,21-22,25-30H2,1-8H3. The number of nitrogens with zero attached hydrogens (tertiary/aromatic N) is 4. The van der Waals surface area contributed by atoms with Gasteiger partial charge in [-0.25, -0.2) is 0 Å². The van der Waals surface area contributed by atoms with Crippen LogP contribution in [0.25, 0.3) is 0 Å². The summed E-state index contributed by atoms with van der Waals surface area (Å²) in [6, 6.07) is 24.9. The minimum Gasteiger partial charge on any atom is -0.461 e. The zero-order valence-corrected chi connectivity index (χ0v) is 30.9. The van der Waals surface area contributed by atoms with E-state index in [2.05, 4.69) is 102 Å². The molecular formula is C41H56N4O4. The predicted octanol–water partition coefficient (Wildman–Crippen LogP) is 8.11. The lowest BCUT2D eigenvalue weighted by atomic mass is 9.76. The highest BCUT2D eigenvalue weighted by atomic mass is 16.6. The molecule has 2 aromatic carbocycles. The molecule has 0 spiro atoms. The van der Waals surface area contributed by atoms with Crippen LogP contribution in [0.5, 0.6) is 0 Å². The van der Waals surface area contributed by atoms with Crippen molar-refractivity contribution >= 4 is 11.9 Å². The summed E-state index contributed by atoms with van der Waals surface area (Å²) in [6.45, 7) is 18.8. The third kappa shape index (κ3) is 8.91. The van der Waals surface area contributed by atoms with Crippen LogP contribution in [0.3, 0.4) is 0 Å². The molecule has 0 aliphatic carbocycles. The van der Waals surface area contributed by atoms with Crippen molar-refractivity contribution < 1.29 is 19.1 Å². The molecule has 2 aliphatic heterocycles. The number of likely N-dealkylation sites (tertiary alicyclic amines) is 2. The van der Waals surface area contributed by atoms with Crippen LogP contribution < -0.4 is 0 Å². The van der Waals surface area contributed by atoms with Gasteiger partial charge in [-0.3, -0.25) is 19.4 Å². The molecule has 0 atom stereocenters. The summed E-state index contributed by atoms with van der Waals surface area (Å²) in [6.07, 6.45) is 1.27. The maximum absolute atomic E-state index is 14.4. The summed E-state index contributed by atoms with van der Waals surface area (Å²) in [5.41, 5.74) is -0.550. The fourth-order valence-corrected chi connectivity index (χ4v) is 8.69. The van der Waals surface area contributed by atoms with E-state index in [1.807, 2.05) is 36.4 Å². The van der Waals surface area contributed by atoms with Crippen molar-refractivity contribution in [1.29, 1.82) is 10.5 Å². The Morgan fingerprint density at radius 3 is 1.22 bits per heavy atom. The summed E-state index contributed by atoms with van der Waals surface area (Å²) >= 11 is 0. The van der Waals surface area contributed by atoms with Gasteiger partial charge in [0.05, 0.1) is 12.1 Å². The van der Waals surface area contributed by atoms with E-state index >= 15 is 0 Å². The SMILES string of the molecule is CC1(C)CC(OC(=O)C(CCC#N)(CCC#N)C(=O)OC2CC(C)(C)N(Cc3ccccc3)C(C)(C)C2)CC(C)(C)N1Cc1ccccc1. The van der Waals surface area contributed by atoms with Crippen LogP contribution in [0.4, 0.5) is 0 Å². The van der Waals surface area contributed by atoms with Crippen molar-refractivity contribution in [2.45, 2.75) is 154 Å². The first-order valence-corrected chi connectivity index (χ1v) is 17.8. The number of ether oxygens (including phenoxy) is 2. The lowest BCUT2D eigenvalue weighted by molar-refractivity contribution is -0.190. The van der Waals surface area contributed by atoms with Gasteiger partial charge >= 0.3 is 11.9 Å². The Labute approximate surface area is 294 Å². The topological polar surface area (TPSA) is 107 Å². The molecule has 2 heterocycles. The van der Waals surface area contributed by atoms with Gasteiger partial charge < -0.3 is 9.47 Å². The number of piperidine rings is 2. The van der Waals surface area contributed by atoms with Crippen molar-refractivity contribution in [1.82, 2.24) is 9.80 Å². The third-order valence-electron chi connectivity index (χ3n) is 10.9. The summed E-state index contributed by atoms with van der Waals surface area (Å²) in [5.74, 6) is -1.37. The van der Waals surface area contributed by atoms with E-state index in [1.165, 1.54) is 11.1 Å². The van der Waals surface area contributed by atoms with Crippen molar-refractivity contribution in [2.75, 3.05) is 0 Å². The quantitative estimate of drug-likeness (QED) is 0.165. The van der Waals surface area contributed by atoms with Crippen LogP contribution >= 0.6 is 0 Å². The van der Waals surface area contributed by atoms with E-state index < -0.39 is 29.6 Å². The van der Waals surface area contributed by atoms with Crippen LogP contribution in [0.15, 0.2) is 60.7 Å². The Kier molecular flexibility index (Phi) is 11.7. The molecule has 8 heteroatoms. The van der Waals surface area contributed by atoms with Crippen LogP contribution in [-0.4, -0.2) is 56.1 Å². The highest BCUT2D eigenvalue weighted by Gasteiger charge is 2.54. The van der Waals surface area contributed by atoms with Gasteiger partial charge in [-0.2, -0.15) is 10.5 Å². The van der Waals surface area contributed by atoms with E-state index in [1.54, 1.807) is 0 Å². The van der Waals surface area contributed by atoms with Gasteiger partial charge in [0, 0.05) is 73.8 Å². The maximum atomic E-state index is 14.4. The zero-order chi connectivity index (χ0) is 36.1. The second-order valence-corrected chi connectivity index (χ2v) is 16.7. The Morgan fingerprint density at radius 2 is 0.939 bits per heavy atom. The van der Waals surface area contributed by atoms with Crippen LogP contribution in [0, 0.1) is 28.1 Å². The van der Waals surface area contributed by atoms with Crippen LogP contribution in [0.1, 0.15) is 118 Å². The van der Waals surface area contributed by atoms with Gasteiger partial charge in [-0.1, -0.05) is 60.7 Å². The average Bonchev–Trinajstić information content (AvgIpc) is 3.01. The summed E-state index contributed by atoms with van der Waals surface area (Å²) in [7, 11) is 0. The number of esters is 2. The molecule has 0 N–H and O–H groups in total. The number of hydrogen-bond donors (Lipinski definition) is 0. The van der Waals surface area contributed by atoms with Gasteiger partial charge in [0.25, 0.3) is 0 Å². The Morgan fingerprint density at radius 1 is 0.633 bits per heavy atom. The predicted molar refractivity (Wildman–Crippen MR) is 191 cm³/mol. The second-order valence-electron chi connectivity index (χ2n) is 16.7. The number of nitriles is 2. The van der Waals surface area contributed by atoms with E-state index in [4.69, 9.17) is 9.47 Å². The molecule has 0 bridgehead atoms. The van der Waals surface area contributed by atoms with E-state index in [9.17, 15) is 20.1 Å². The molecule has 0 unspecified atom stereocenters. The van der Waals surface area contributed by atoms with E-state index in [0.29, 0.717) is 25.7 Å². The van der Waals surface area contributed by atoms with Gasteiger partial charge in [0.1, 0.15) is 12.2 Å². The third-order valence-corrected chi connectivity index (χ3v) is 10.9. The minimum atomic E-state index is -1.74.